The predicted octanol–water partition coefficient (Wildman–Crippen LogP) is 0.623. The van der Waals surface area contributed by atoms with Crippen LogP contribution in [0.2, 0.25) is 0 Å². The molecule has 5 nitrogen and oxygen atoms in total. The van der Waals surface area contributed by atoms with Crippen LogP contribution in [0.4, 0.5) is 4.79 Å². The molecule has 0 aliphatic heterocycles. The highest BCUT2D eigenvalue weighted by Crippen LogP contribution is 2.36. The Hall–Kier alpha value is -1.39. The molecule has 2 N–H and O–H groups in total. The number of nitrogens with zero attached hydrogens (tertiary/aromatic N) is 2. The Balaban J connectivity index is 2.52. The number of hydrogen-bond acceptors (Lipinski definition) is 3. The number of primary amides is 1. The molecule has 0 aromatic heterocycles. The van der Waals surface area contributed by atoms with E-state index >= 15 is 0 Å². The average molecular weight is 155 g/mol. The third kappa shape index (κ3) is 1.36. The van der Waals surface area contributed by atoms with Gasteiger partial charge in [0.05, 0.1) is 11.3 Å². The van der Waals surface area contributed by atoms with Crippen LogP contribution in [0.15, 0.2) is 17.9 Å². The van der Waals surface area contributed by atoms with Crippen LogP contribution in [0.1, 0.15) is 6.42 Å². The third-order valence-electron chi connectivity index (χ3n) is 1.74. The minimum absolute atomic E-state index is 0.150. The van der Waals surface area contributed by atoms with Gasteiger partial charge in [0.2, 0.25) is 0 Å². The molecular weight excluding hydrogens is 146 g/mol. The smallest absolute Gasteiger partial charge is 0.338 e. The molecule has 2 amide bonds. The zero-order valence-electron chi connectivity index (χ0n) is 5.93. The van der Waals surface area contributed by atoms with E-state index in [1.807, 2.05) is 0 Å². The first kappa shape index (κ1) is 7.71. The zero-order valence-corrected chi connectivity index (χ0v) is 5.93. The number of carbonyl (C=O) groups excluding carboxylic acids is 1. The first-order valence-electron chi connectivity index (χ1n) is 3.25. The summed E-state index contributed by atoms with van der Waals surface area (Å²) >= 11 is 0. The maximum atomic E-state index is 10.5. The molecule has 1 rings (SSSR count). The van der Waals surface area contributed by atoms with Crippen molar-refractivity contribution < 1.29 is 4.79 Å². The number of nitrogens with two attached hydrogens (primary N) is 1. The number of hydrogen-bond donors (Lipinski definition) is 1. The van der Waals surface area contributed by atoms with Gasteiger partial charge in [0.25, 0.3) is 0 Å². The lowest BCUT2D eigenvalue weighted by Gasteiger charge is -2.07. The molecule has 0 radical (unpaired) electrons. The molecule has 60 valence electrons. The molecule has 0 saturated heterocycles. The molecule has 1 aliphatic rings. The summed E-state index contributed by atoms with van der Waals surface area (Å²) in [6.07, 6.45) is 2.42. The second-order valence-electron chi connectivity index (χ2n) is 2.47. The normalized spacial score (nSPS) is 27.3. The van der Waals surface area contributed by atoms with E-state index in [1.165, 1.54) is 0 Å². The van der Waals surface area contributed by atoms with Crippen LogP contribution >= 0.6 is 0 Å². The Kier molecular flexibility index (Phi) is 1.89. The summed E-state index contributed by atoms with van der Waals surface area (Å²) in [4.78, 5) is 20.5. The Bertz CT molecular complexity index is 204. The van der Waals surface area contributed by atoms with Crippen LogP contribution in [0, 0.1) is 10.8 Å². The quantitative estimate of drug-likeness (QED) is 0.368. The second kappa shape index (κ2) is 2.69. The number of nitroso groups, excluding NO2 is 1. The van der Waals surface area contributed by atoms with E-state index in [-0.39, 0.29) is 12.0 Å². The Morgan fingerprint density at radius 1 is 1.82 bits per heavy atom. The van der Waals surface area contributed by atoms with Crippen molar-refractivity contribution in [2.24, 2.45) is 16.9 Å². The topological polar surface area (TPSA) is 75.8 Å². The van der Waals surface area contributed by atoms with Gasteiger partial charge in [-0.2, -0.15) is 5.01 Å². The van der Waals surface area contributed by atoms with Gasteiger partial charge in [0.15, 0.2) is 0 Å². The summed E-state index contributed by atoms with van der Waals surface area (Å²) in [5, 5.41) is 3.27. The highest BCUT2D eigenvalue weighted by molar-refractivity contribution is 5.72. The summed E-state index contributed by atoms with van der Waals surface area (Å²) in [5.74, 6) is 0.181. The van der Waals surface area contributed by atoms with E-state index in [9.17, 15) is 9.70 Å². The van der Waals surface area contributed by atoms with Crippen LogP contribution in [0.5, 0.6) is 0 Å². The molecule has 2 unspecified atom stereocenters. The monoisotopic (exact) mass is 155 g/mol. The summed E-state index contributed by atoms with van der Waals surface area (Å²) < 4.78 is 0. The summed E-state index contributed by atoms with van der Waals surface area (Å²) in [5.41, 5.74) is 4.86. The SMILES string of the molecule is C=CC1CC1N(N=O)C(N)=O. The second-order valence-corrected chi connectivity index (χ2v) is 2.47. The van der Waals surface area contributed by atoms with Crippen molar-refractivity contribution in [1.82, 2.24) is 5.01 Å². The molecule has 0 aromatic rings. The van der Waals surface area contributed by atoms with Crippen molar-refractivity contribution in [3.8, 4) is 0 Å². The van der Waals surface area contributed by atoms with Crippen LogP contribution in [0.3, 0.4) is 0 Å². The predicted molar refractivity (Wildman–Crippen MR) is 39.3 cm³/mol. The fourth-order valence-corrected chi connectivity index (χ4v) is 0.999. The van der Waals surface area contributed by atoms with Gasteiger partial charge in [-0.05, 0) is 6.42 Å². The van der Waals surface area contributed by atoms with Crippen LogP contribution in [-0.2, 0) is 0 Å². The lowest BCUT2D eigenvalue weighted by atomic mass is 10.4. The van der Waals surface area contributed by atoms with E-state index in [0.717, 1.165) is 11.4 Å². The summed E-state index contributed by atoms with van der Waals surface area (Å²) in [6.45, 7) is 3.53. The standard InChI is InChI=1S/C6H9N3O2/c1-2-4-3-5(4)9(8-11)6(7)10/h2,4-5H,1,3H2,(H2,7,10). The fourth-order valence-electron chi connectivity index (χ4n) is 0.999. The summed E-state index contributed by atoms with van der Waals surface area (Å²) in [7, 11) is 0. The van der Waals surface area contributed by atoms with Gasteiger partial charge >= 0.3 is 6.03 Å². The van der Waals surface area contributed by atoms with E-state index in [1.54, 1.807) is 6.08 Å². The molecule has 0 heterocycles. The number of urea groups is 1. The Morgan fingerprint density at radius 2 is 2.45 bits per heavy atom. The number of rotatable bonds is 3. The average Bonchev–Trinajstić information content (AvgIpc) is 2.68. The molecule has 5 heteroatoms. The largest absolute Gasteiger partial charge is 0.350 e. The lowest BCUT2D eigenvalue weighted by molar-refractivity contribution is 0.204. The first-order chi connectivity index (χ1) is 5.20. The van der Waals surface area contributed by atoms with Gasteiger partial charge in [0, 0.05) is 5.92 Å². The lowest BCUT2D eigenvalue weighted by Crippen LogP contribution is -2.33. The number of amides is 2. The van der Waals surface area contributed by atoms with E-state index in [2.05, 4.69) is 11.9 Å². The van der Waals surface area contributed by atoms with Gasteiger partial charge in [0.1, 0.15) is 0 Å². The minimum atomic E-state index is -0.797. The van der Waals surface area contributed by atoms with Crippen molar-refractivity contribution >= 4 is 6.03 Å². The highest BCUT2D eigenvalue weighted by atomic mass is 16.3. The molecule has 0 bridgehead atoms. The molecule has 1 aliphatic carbocycles. The maximum absolute atomic E-state index is 10.5. The zero-order chi connectivity index (χ0) is 8.43. The van der Waals surface area contributed by atoms with Gasteiger partial charge < -0.3 is 5.73 Å². The van der Waals surface area contributed by atoms with Crippen molar-refractivity contribution in [2.45, 2.75) is 12.5 Å². The molecule has 2 atom stereocenters. The molecular formula is C6H9N3O2. The van der Waals surface area contributed by atoms with Crippen LogP contribution < -0.4 is 5.73 Å². The molecule has 0 aromatic carbocycles. The Labute approximate surface area is 63.8 Å². The Morgan fingerprint density at radius 3 is 2.73 bits per heavy atom. The van der Waals surface area contributed by atoms with Crippen molar-refractivity contribution in [1.29, 1.82) is 0 Å². The first-order valence-corrected chi connectivity index (χ1v) is 3.25. The molecule has 1 saturated carbocycles. The van der Waals surface area contributed by atoms with Gasteiger partial charge in [-0.25, -0.2) is 4.79 Å². The highest BCUT2D eigenvalue weighted by Gasteiger charge is 2.42. The van der Waals surface area contributed by atoms with Gasteiger partial charge in [-0.1, -0.05) is 6.08 Å². The summed E-state index contributed by atoms with van der Waals surface area (Å²) in [6, 6.07) is -0.947. The van der Waals surface area contributed by atoms with Crippen molar-refractivity contribution in [3.05, 3.63) is 17.6 Å². The third-order valence-corrected chi connectivity index (χ3v) is 1.74. The molecule has 11 heavy (non-hydrogen) atoms. The number of carbonyl (C=O) groups is 1. The van der Waals surface area contributed by atoms with Crippen molar-refractivity contribution in [3.63, 3.8) is 0 Å². The van der Waals surface area contributed by atoms with E-state index in [0.29, 0.717) is 0 Å². The molecule has 1 fully saturated rings. The maximum Gasteiger partial charge on any atom is 0.338 e. The van der Waals surface area contributed by atoms with Gasteiger partial charge in [-0.15, -0.1) is 11.5 Å². The minimum Gasteiger partial charge on any atom is -0.350 e. The van der Waals surface area contributed by atoms with Crippen molar-refractivity contribution in [2.75, 3.05) is 0 Å². The van der Waals surface area contributed by atoms with Crippen LogP contribution in [0.25, 0.3) is 0 Å². The van der Waals surface area contributed by atoms with E-state index in [4.69, 9.17) is 5.73 Å². The van der Waals surface area contributed by atoms with Gasteiger partial charge in [-0.3, -0.25) is 0 Å². The van der Waals surface area contributed by atoms with E-state index < -0.39 is 6.03 Å². The van der Waals surface area contributed by atoms with Crippen LogP contribution in [-0.4, -0.2) is 17.1 Å². The molecule has 0 spiro atoms. The fraction of sp³-hybridized carbons (Fsp3) is 0.500.